The minimum absolute atomic E-state index is 0.433. The van der Waals surface area contributed by atoms with Gasteiger partial charge in [0, 0.05) is 17.0 Å². The van der Waals surface area contributed by atoms with E-state index in [2.05, 4.69) is 35.7 Å². The van der Waals surface area contributed by atoms with Gasteiger partial charge < -0.3 is 0 Å². The van der Waals surface area contributed by atoms with Gasteiger partial charge in [0.25, 0.3) is 0 Å². The van der Waals surface area contributed by atoms with E-state index in [9.17, 15) is 0 Å². The second-order valence-corrected chi connectivity index (χ2v) is 5.49. The third kappa shape index (κ3) is 1.35. The molecule has 17 heavy (non-hydrogen) atoms. The van der Waals surface area contributed by atoms with E-state index in [1.54, 1.807) is 0 Å². The van der Waals surface area contributed by atoms with Crippen LogP contribution in [0.15, 0.2) is 36.5 Å². The molecule has 1 atom stereocenters. The van der Waals surface area contributed by atoms with Crippen LogP contribution in [0.25, 0.3) is 10.9 Å². The number of hydrogen-bond acceptors (Lipinski definition) is 1. The molecule has 1 aromatic carbocycles. The van der Waals surface area contributed by atoms with Crippen molar-refractivity contribution >= 4 is 10.9 Å². The molecule has 2 saturated carbocycles. The van der Waals surface area contributed by atoms with Crippen LogP contribution >= 0.6 is 0 Å². The molecule has 1 nitrogen and oxygen atoms in total. The molecule has 1 heterocycles. The fraction of sp³-hybridized carbons (Fsp3) is 0.375. The Labute approximate surface area is 102 Å². The first-order valence-corrected chi connectivity index (χ1v) is 6.58. The zero-order valence-electron chi connectivity index (χ0n) is 9.89. The molecular formula is C16H16N. The summed E-state index contributed by atoms with van der Waals surface area (Å²) in [4.78, 5) is 4.39. The van der Waals surface area contributed by atoms with Gasteiger partial charge in [0.2, 0.25) is 0 Å². The van der Waals surface area contributed by atoms with Crippen LogP contribution in [0.1, 0.15) is 31.2 Å². The highest BCUT2D eigenvalue weighted by Gasteiger charge is 2.52. The third-order valence-corrected chi connectivity index (χ3v) is 4.62. The molecule has 1 radical (unpaired) electrons. The van der Waals surface area contributed by atoms with Crippen molar-refractivity contribution in [1.82, 2.24) is 4.98 Å². The van der Waals surface area contributed by atoms with E-state index in [-0.39, 0.29) is 0 Å². The van der Waals surface area contributed by atoms with E-state index >= 15 is 0 Å². The number of hydrogen-bond donors (Lipinski definition) is 0. The zero-order valence-corrected chi connectivity index (χ0v) is 9.89. The summed E-state index contributed by atoms with van der Waals surface area (Å²) in [6.45, 7) is 0. The van der Waals surface area contributed by atoms with Gasteiger partial charge in [-0.3, -0.25) is 4.98 Å². The topological polar surface area (TPSA) is 12.9 Å². The molecule has 0 spiro atoms. The molecule has 2 aromatic rings. The molecule has 2 aliphatic rings. The number of pyridine rings is 1. The monoisotopic (exact) mass is 222 g/mol. The van der Waals surface area contributed by atoms with E-state index in [4.69, 9.17) is 0 Å². The van der Waals surface area contributed by atoms with Crippen molar-refractivity contribution in [3.63, 3.8) is 0 Å². The van der Waals surface area contributed by atoms with Crippen molar-refractivity contribution in [3.05, 3.63) is 48.5 Å². The summed E-state index contributed by atoms with van der Waals surface area (Å²) < 4.78 is 0. The molecule has 0 bridgehead atoms. The summed E-state index contributed by atoms with van der Waals surface area (Å²) in [5, 5.41) is 1.28. The van der Waals surface area contributed by atoms with E-state index < -0.39 is 0 Å². The lowest BCUT2D eigenvalue weighted by molar-refractivity contribution is 0.253. The lowest BCUT2D eigenvalue weighted by Gasteiger charge is -2.34. The zero-order chi connectivity index (χ0) is 11.3. The van der Waals surface area contributed by atoms with Gasteiger partial charge in [-0.1, -0.05) is 18.6 Å². The van der Waals surface area contributed by atoms with Crippen molar-refractivity contribution in [2.45, 2.75) is 31.1 Å². The predicted molar refractivity (Wildman–Crippen MR) is 69.7 cm³/mol. The van der Waals surface area contributed by atoms with E-state index in [0.29, 0.717) is 5.41 Å². The van der Waals surface area contributed by atoms with E-state index in [1.807, 2.05) is 12.3 Å². The first kappa shape index (κ1) is 9.64. The number of aromatic nitrogens is 1. The molecule has 1 heteroatoms. The number of fused-ring (bicyclic) bond motifs is 1. The Bertz CT molecular complexity index is 565. The normalized spacial score (nSPS) is 22.4. The maximum atomic E-state index is 4.39. The summed E-state index contributed by atoms with van der Waals surface area (Å²) in [6, 6.07) is 11.0. The van der Waals surface area contributed by atoms with Crippen molar-refractivity contribution < 1.29 is 0 Å². The first-order valence-electron chi connectivity index (χ1n) is 6.58. The summed E-state index contributed by atoms with van der Waals surface area (Å²) >= 11 is 0. The van der Waals surface area contributed by atoms with Gasteiger partial charge in [-0.15, -0.1) is 0 Å². The van der Waals surface area contributed by atoms with E-state index in [1.165, 1.54) is 36.6 Å². The second kappa shape index (κ2) is 3.32. The van der Waals surface area contributed by atoms with Crippen LogP contribution in [0, 0.1) is 12.3 Å². The molecule has 0 saturated heterocycles. The fourth-order valence-corrected chi connectivity index (χ4v) is 3.20. The maximum Gasteiger partial charge on any atom is 0.0702 e. The number of nitrogens with zero attached hydrogens (tertiary/aromatic N) is 1. The van der Waals surface area contributed by atoms with Crippen LogP contribution in [0.3, 0.4) is 0 Å². The molecule has 0 amide bonds. The molecular weight excluding hydrogens is 206 g/mol. The standard InChI is InChI=1S/C16H16N/c1-4-13(5-1)16(8-9-16)14-6-7-15-12(11-14)3-2-10-17-15/h2-3,6-8,10-11,13H,1,4-5,9H2. The van der Waals surface area contributed by atoms with Gasteiger partial charge in [-0.05, 0) is 55.4 Å². The SMILES string of the molecule is [CH]1CC1(c1ccc2ncccc2c1)C1CCC1. The summed E-state index contributed by atoms with van der Waals surface area (Å²) in [7, 11) is 0. The minimum atomic E-state index is 0.433. The summed E-state index contributed by atoms with van der Waals surface area (Å²) in [6.07, 6.45) is 9.92. The molecule has 1 unspecified atom stereocenters. The van der Waals surface area contributed by atoms with Crippen LogP contribution < -0.4 is 0 Å². The Hall–Kier alpha value is -1.37. The van der Waals surface area contributed by atoms with E-state index in [0.717, 1.165) is 11.4 Å². The highest BCUT2D eigenvalue weighted by atomic mass is 14.6. The van der Waals surface area contributed by atoms with Gasteiger partial charge >= 0.3 is 0 Å². The van der Waals surface area contributed by atoms with Crippen LogP contribution in [-0.2, 0) is 5.41 Å². The highest BCUT2D eigenvalue weighted by Crippen LogP contribution is 2.59. The lowest BCUT2D eigenvalue weighted by atomic mass is 9.70. The lowest BCUT2D eigenvalue weighted by Crippen LogP contribution is -2.26. The summed E-state index contributed by atoms with van der Waals surface area (Å²) in [5.41, 5.74) is 3.06. The second-order valence-electron chi connectivity index (χ2n) is 5.49. The summed E-state index contributed by atoms with van der Waals surface area (Å²) in [5.74, 6) is 0.914. The Morgan fingerprint density at radius 3 is 2.76 bits per heavy atom. The van der Waals surface area contributed by atoms with Gasteiger partial charge in [0.1, 0.15) is 0 Å². The quantitative estimate of drug-likeness (QED) is 0.751. The molecule has 2 fully saturated rings. The first-order chi connectivity index (χ1) is 8.38. The fourth-order valence-electron chi connectivity index (χ4n) is 3.20. The van der Waals surface area contributed by atoms with Gasteiger partial charge in [0.15, 0.2) is 0 Å². The van der Waals surface area contributed by atoms with Gasteiger partial charge in [-0.2, -0.15) is 0 Å². The Balaban J connectivity index is 1.80. The molecule has 85 valence electrons. The van der Waals surface area contributed by atoms with Crippen molar-refractivity contribution in [2.75, 3.05) is 0 Å². The van der Waals surface area contributed by atoms with Crippen LogP contribution in [0.5, 0.6) is 0 Å². The van der Waals surface area contributed by atoms with Crippen LogP contribution in [-0.4, -0.2) is 4.98 Å². The largest absolute Gasteiger partial charge is 0.256 e. The van der Waals surface area contributed by atoms with Crippen LogP contribution in [0.2, 0.25) is 0 Å². The number of rotatable bonds is 2. The third-order valence-electron chi connectivity index (χ3n) is 4.62. The predicted octanol–water partition coefficient (Wildman–Crippen LogP) is 3.88. The number of benzene rings is 1. The van der Waals surface area contributed by atoms with Gasteiger partial charge in [0.05, 0.1) is 5.52 Å². The molecule has 0 aliphatic heterocycles. The van der Waals surface area contributed by atoms with Crippen LogP contribution in [0.4, 0.5) is 0 Å². The molecule has 1 aromatic heterocycles. The molecule has 4 rings (SSSR count). The highest BCUT2D eigenvalue weighted by molar-refractivity contribution is 5.79. The Morgan fingerprint density at radius 2 is 2.06 bits per heavy atom. The minimum Gasteiger partial charge on any atom is -0.256 e. The van der Waals surface area contributed by atoms with Crippen molar-refractivity contribution in [1.29, 1.82) is 0 Å². The smallest absolute Gasteiger partial charge is 0.0702 e. The van der Waals surface area contributed by atoms with Crippen molar-refractivity contribution in [3.8, 4) is 0 Å². The average molecular weight is 222 g/mol. The average Bonchev–Trinajstić information content (AvgIpc) is 3.08. The maximum absolute atomic E-state index is 4.39. The Morgan fingerprint density at radius 1 is 1.18 bits per heavy atom. The molecule has 0 N–H and O–H groups in total. The van der Waals surface area contributed by atoms with Gasteiger partial charge in [-0.25, -0.2) is 0 Å². The molecule has 2 aliphatic carbocycles. The Kier molecular flexibility index (Phi) is 1.88. The van der Waals surface area contributed by atoms with Crippen molar-refractivity contribution in [2.24, 2.45) is 5.92 Å².